The van der Waals surface area contributed by atoms with Crippen molar-refractivity contribution in [2.24, 2.45) is 5.92 Å². The monoisotopic (exact) mass is 308 g/mol. The lowest BCUT2D eigenvalue weighted by Gasteiger charge is -2.14. The fraction of sp³-hybridized carbons (Fsp3) is 0.500. The molecule has 0 aliphatic carbocycles. The molecule has 1 rings (SSSR count). The first-order chi connectivity index (χ1) is 7.00. The van der Waals surface area contributed by atoms with E-state index in [1.54, 1.807) is 11.3 Å². The lowest BCUT2D eigenvalue weighted by Crippen LogP contribution is -2.22. The highest BCUT2D eigenvalue weighted by Gasteiger charge is 2.21. The van der Waals surface area contributed by atoms with Gasteiger partial charge in [-0.3, -0.25) is 4.79 Å². The third-order valence-electron chi connectivity index (χ3n) is 1.88. The molecular formula is C10H13BrO2S2. The van der Waals surface area contributed by atoms with E-state index >= 15 is 0 Å². The standard InChI is InChI=1S/C10H13BrO2S2/c1-6(2)9(10(12)13)14-5-7-3-4-8(11)15-7/h3-4,6,9H,5H2,1-2H3,(H,12,13). The van der Waals surface area contributed by atoms with Gasteiger partial charge in [-0.05, 0) is 34.0 Å². The number of aliphatic carboxylic acids is 1. The van der Waals surface area contributed by atoms with Crippen LogP contribution in [0.2, 0.25) is 0 Å². The third-order valence-corrected chi connectivity index (χ3v) is 5.27. The van der Waals surface area contributed by atoms with Gasteiger partial charge in [0.05, 0.1) is 3.79 Å². The van der Waals surface area contributed by atoms with Crippen LogP contribution in [0.5, 0.6) is 0 Å². The molecule has 0 aromatic carbocycles. The first-order valence-electron chi connectivity index (χ1n) is 4.59. The number of thioether (sulfide) groups is 1. The van der Waals surface area contributed by atoms with Gasteiger partial charge in [-0.2, -0.15) is 0 Å². The molecule has 0 amide bonds. The number of halogens is 1. The number of carbonyl (C=O) groups is 1. The van der Waals surface area contributed by atoms with Gasteiger partial charge in [-0.1, -0.05) is 13.8 Å². The Kier molecular flexibility index (Phi) is 5.15. The maximum absolute atomic E-state index is 10.9. The molecule has 1 atom stereocenters. The lowest BCUT2D eigenvalue weighted by atomic mass is 10.1. The Bertz CT molecular complexity index is 336. The SMILES string of the molecule is CC(C)C(SCc1ccc(Br)s1)C(=O)O. The summed E-state index contributed by atoms with van der Waals surface area (Å²) in [6.07, 6.45) is 0. The second-order valence-corrected chi connectivity index (χ2v) is 7.20. The molecule has 1 unspecified atom stereocenters. The van der Waals surface area contributed by atoms with Crippen molar-refractivity contribution in [2.75, 3.05) is 0 Å². The molecule has 0 saturated heterocycles. The lowest BCUT2D eigenvalue weighted by molar-refractivity contribution is -0.137. The molecule has 15 heavy (non-hydrogen) atoms. The average molecular weight is 309 g/mol. The molecule has 0 spiro atoms. The van der Waals surface area contributed by atoms with Crippen molar-refractivity contribution >= 4 is 45.0 Å². The summed E-state index contributed by atoms with van der Waals surface area (Å²) in [5.74, 6) is 0.215. The minimum atomic E-state index is -0.717. The number of hydrogen-bond donors (Lipinski definition) is 1. The normalized spacial score (nSPS) is 13.1. The molecule has 0 aliphatic heterocycles. The predicted octanol–water partition coefficient (Wildman–Crippen LogP) is 3.85. The van der Waals surface area contributed by atoms with E-state index in [0.29, 0.717) is 0 Å². The molecule has 0 fully saturated rings. The molecule has 1 N–H and O–H groups in total. The molecule has 2 nitrogen and oxygen atoms in total. The van der Waals surface area contributed by atoms with Gasteiger partial charge in [-0.15, -0.1) is 23.1 Å². The number of thiophene rings is 1. The number of hydrogen-bond acceptors (Lipinski definition) is 3. The summed E-state index contributed by atoms with van der Waals surface area (Å²) in [5, 5.41) is 8.69. The topological polar surface area (TPSA) is 37.3 Å². The smallest absolute Gasteiger partial charge is 0.316 e. The Labute approximate surface area is 106 Å². The van der Waals surface area contributed by atoms with Crippen LogP contribution < -0.4 is 0 Å². The molecule has 5 heteroatoms. The Balaban J connectivity index is 2.50. The Morgan fingerprint density at radius 3 is 2.67 bits per heavy atom. The minimum Gasteiger partial charge on any atom is -0.480 e. The van der Waals surface area contributed by atoms with Crippen molar-refractivity contribution in [2.45, 2.75) is 24.9 Å². The van der Waals surface area contributed by atoms with E-state index in [4.69, 9.17) is 5.11 Å². The molecule has 1 aromatic heterocycles. The number of carboxylic acid groups (broad SMARTS) is 1. The van der Waals surface area contributed by atoms with Crippen LogP contribution in [-0.2, 0) is 10.5 Å². The highest BCUT2D eigenvalue weighted by atomic mass is 79.9. The molecule has 0 aliphatic rings. The Morgan fingerprint density at radius 1 is 1.60 bits per heavy atom. The van der Waals surface area contributed by atoms with Gasteiger partial charge >= 0.3 is 5.97 Å². The van der Waals surface area contributed by atoms with Crippen LogP contribution in [0.15, 0.2) is 15.9 Å². The van der Waals surface area contributed by atoms with Crippen molar-refractivity contribution in [3.05, 3.63) is 20.8 Å². The Morgan fingerprint density at radius 2 is 2.27 bits per heavy atom. The second kappa shape index (κ2) is 5.92. The van der Waals surface area contributed by atoms with Crippen molar-refractivity contribution in [1.82, 2.24) is 0 Å². The fourth-order valence-corrected chi connectivity index (χ4v) is 3.84. The maximum Gasteiger partial charge on any atom is 0.316 e. The van der Waals surface area contributed by atoms with Gasteiger partial charge in [0.1, 0.15) is 5.25 Å². The van der Waals surface area contributed by atoms with Crippen LogP contribution in [0.1, 0.15) is 18.7 Å². The van der Waals surface area contributed by atoms with Gasteiger partial charge in [0.15, 0.2) is 0 Å². The van der Waals surface area contributed by atoms with E-state index in [0.717, 1.165) is 9.54 Å². The quantitative estimate of drug-likeness (QED) is 0.897. The molecular weight excluding hydrogens is 296 g/mol. The van der Waals surface area contributed by atoms with Crippen LogP contribution >= 0.6 is 39.0 Å². The fourth-order valence-electron chi connectivity index (χ4n) is 1.15. The average Bonchev–Trinajstić information content (AvgIpc) is 2.50. The zero-order valence-electron chi connectivity index (χ0n) is 8.57. The van der Waals surface area contributed by atoms with Crippen LogP contribution in [0.25, 0.3) is 0 Å². The van der Waals surface area contributed by atoms with Crippen molar-refractivity contribution in [1.29, 1.82) is 0 Å². The molecule has 0 radical (unpaired) electrons. The second-order valence-electron chi connectivity index (χ2n) is 3.52. The molecule has 84 valence electrons. The van der Waals surface area contributed by atoms with Crippen molar-refractivity contribution in [3.63, 3.8) is 0 Å². The molecule has 1 aromatic rings. The van der Waals surface area contributed by atoms with E-state index in [2.05, 4.69) is 15.9 Å². The van der Waals surface area contributed by atoms with Crippen molar-refractivity contribution < 1.29 is 9.90 Å². The highest BCUT2D eigenvalue weighted by Crippen LogP contribution is 2.29. The summed E-state index contributed by atoms with van der Waals surface area (Å²) in [6, 6.07) is 4.02. The van der Waals surface area contributed by atoms with Crippen LogP contribution in [-0.4, -0.2) is 16.3 Å². The molecule has 0 bridgehead atoms. The van der Waals surface area contributed by atoms with E-state index in [-0.39, 0.29) is 11.2 Å². The van der Waals surface area contributed by atoms with Crippen LogP contribution in [0.3, 0.4) is 0 Å². The molecule has 0 saturated carbocycles. The molecule has 1 heterocycles. The first kappa shape index (κ1) is 13.1. The van der Waals surface area contributed by atoms with E-state index in [1.165, 1.54) is 16.6 Å². The zero-order valence-corrected chi connectivity index (χ0v) is 11.8. The van der Waals surface area contributed by atoms with Gasteiger partial charge in [0.25, 0.3) is 0 Å². The van der Waals surface area contributed by atoms with Gasteiger partial charge in [0, 0.05) is 10.6 Å². The van der Waals surface area contributed by atoms with Gasteiger partial charge in [-0.25, -0.2) is 0 Å². The maximum atomic E-state index is 10.9. The highest BCUT2D eigenvalue weighted by molar-refractivity contribution is 9.11. The Hall–Kier alpha value is -0.000000000000000111. The summed E-state index contributed by atoms with van der Waals surface area (Å²) in [4.78, 5) is 12.1. The van der Waals surface area contributed by atoms with Gasteiger partial charge in [0.2, 0.25) is 0 Å². The predicted molar refractivity (Wildman–Crippen MR) is 69.6 cm³/mol. The van der Waals surface area contributed by atoms with Crippen LogP contribution in [0, 0.1) is 5.92 Å². The van der Waals surface area contributed by atoms with Crippen molar-refractivity contribution in [3.8, 4) is 0 Å². The van der Waals surface area contributed by atoms with Gasteiger partial charge < -0.3 is 5.11 Å². The summed E-state index contributed by atoms with van der Waals surface area (Å²) < 4.78 is 1.09. The summed E-state index contributed by atoms with van der Waals surface area (Å²) in [7, 11) is 0. The minimum absolute atomic E-state index is 0.163. The summed E-state index contributed by atoms with van der Waals surface area (Å²) in [6.45, 7) is 3.88. The third kappa shape index (κ3) is 4.17. The van der Waals surface area contributed by atoms with E-state index in [9.17, 15) is 4.79 Å². The summed E-state index contributed by atoms with van der Waals surface area (Å²) in [5.41, 5.74) is 0. The van der Waals surface area contributed by atoms with E-state index < -0.39 is 5.97 Å². The zero-order chi connectivity index (χ0) is 11.4. The number of rotatable bonds is 5. The summed E-state index contributed by atoms with van der Waals surface area (Å²) >= 11 is 6.54. The number of carboxylic acids is 1. The van der Waals surface area contributed by atoms with E-state index in [1.807, 2.05) is 26.0 Å². The largest absolute Gasteiger partial charge is 0.480 e. The first-order valence-corrected chi connectivity index (χ1v) is 7.25. The van der Waals surface area contributed by atoms with Crippen LogP contribution in [0.4, 0.5) is 0 Å².